The third kappa shape index (κ3) is 2.27. The monoisotopic (exact) mass is 199 g/mol. The zero-order chi connectivity index (χ0) is 10.9. The van der Waals surface area contributed by atoms with E-state index in [1.165, 1.54) is 0 Å². The van der Waals surface area contributed by atoms with Crippen molar-refractivity contribution in [2.75, 3.05) is 14.2 Å². The molecule has 82 valence electrons. The maximum absolute atomic E-state index is 11.9. The topological polar surface area (TPSA) is 29.5 Å². The third-order valence-corrected chi connectivity index (χ3v) is 3.11. The van der Waals surface area contributed by atoms with Gasteiger partial charge in [0.1, 0.15) is 0 Å². The fraction of sp³-hybridized carbons (Fsp3) is 0.909. The van der Waals surface area contributed by atoms with Gasteiger partial charge in [-0.2, -0.15) is 0 Å². The predicted octanol–water partition coefficient (Wildman–Crippen LogP) is 1.67. The molecule has 0 unspecified atom stereocenters. The Bertz CT molecular complexity index is 214. The van der Waals surface area contributed by atoms with Crippen LogP contribution >= 0.6 is 0 Å². The summed E-state index contributed by atoms with van der Waals surface area (Å²) in [5, 5.41) is 0. The van der Waals surface area contributed by atoms with Crippen molar-refractivity contribution in [1.82, 2.24) is 4.90 Å². The summed E-state index contributed by atoms with van der Waals surface area (Å²) in [4.78, 5) is 13.7. The molecule has 0 atom stereocenters. The van der Waals surface area contributed by atoms with Gasteiger partial charge < -0.3 is 9.64 Å². The summed E-state index contributed by atoms with van der Waals surface area (Å²) < 4.78 is 5.16. The average Bonchev–Trinajstić information content (AvgIpc) is 1.99. The maximum atomic E-state index is 11.9. The predicted molar refractivity (Wildman–Crippen MR) is 56.0 cm³/mol. The van der Waals surface area contributed by atoms with Crippen LogP contribution in [-0.2, 0) is 9.53 Å². The van der Waals surface area contributed by atoms with Gasteiger partial charge in [-0.1, -0.05) is 0 Å². The highest BCUT2D eigenvalue weighted by Gasteiger charge is 2.38. The molecule has 1 saturated carbocycles. The van der Waals surface area contributed by atoms with Gasteiger partial charge >= 0.3 is 0 Å². The average molecular weight is 199 g/mol. The first-order valence-corrected chi connectivity index (χ1v) is 5.16. The number of ether oxygens (including phenoxy) is 1. The van der Waals surface area contributed by atoms with Crippen molar-refractivity contribution >= 4 is 5.91 Å². The lowest BCUT2D eigenvalue weighted by Crippen LogP contribution is -2.49. The van der Waals surface area contributed by atoms with E-state index in [9.17, 15) is 4.79 Å². The van der Waals surface area contributed by atoms with Crippen LogP contribution in [0.1, 0.15) is 33.6 Å². The van der Waals surface area contributed by atoms with E-state index in [-0.39, 0.29) is 17.4 Å². The van der Waals surface area contributed by atoms with E-state index in [0.717, 1.165) is 12.8 Å². The van der Waals surface area contributed by atoms with Crippen molar-refractivity contribution in [2.45, 2.75) is 45.3 Å². The van der Waals surface area contributed by atoms with Crippen molar-refractivity contribution in [3.05, 3.63) is 0 Å². The lowest BCUT2D eigenvalue weighted by Gasteiger charge is -2.40. The Balaban J connectivity index is 2.44. The number of rotatable bonds is 2. The van der Waals surface area contributed by atoms with Crippen LogP contribution in [0.5, 0.6) is 0 Å². The zero-order valence-electron chi connectivity index (χ0n) is 9.83. The highest BCUT2D eigenvalue weighted by atomic mass is 16.5. The Kier molecular flexibility index (Phi) is 3.20. The van der Waals surface area contributed by atoms with Crippen LogP contribution in [0.4, 0.5) is 0 Å². The normalized spacial score (nSPS) is 26.9. The van der Waals surface area contributed by atoms with Gasteiger partial charge in [0.25, 0.3) is 0 Å². The van der Waals surface area contributed by atoms with Crippen molar-refractivity contribution < 1.29 is 9.53 Å². The molecule has 1 fully saturated rings. The first-order chi connectivity index (χ1) is 6.36. The van der Waals surface area contributed by atoms with E-state index < -0.39 is 0 Å². The molecule has 1 amide bonds. The number of amides is 1. The molecule has 14 heavy (non-hydrogen) atoms. The maximum Gasteiger partial charge on any atom is 0.226 e. The van der Waals surface area contributed by atoms with Gasteiger partial charge in [-0.05, 0) is 33.6 Å². The first-order valence-electron chi connectivity index (χ1n) is 5.16. The molecule has 0 radical (unpaired) electrons. The number of hydrogen-bond donors (Lipinski definition) is 0. The summed E-state index contributed by atoms with van der Waals surface area (Å²) in [5.41, 5.74) is -0.0742. The highest BCUT2D eigenvalue weighted by molar-refractivity contribution is 5.80. The fourth-order valence-corrected chi connectivity index (χ4v) is 1.56. The molecule has 0 aromatic carbocycles. The van der Waals surface area contributed by atoms with E-state index in [0.29, 0.717) is 6.10 Å². The molecule has 3 nitrogen and oxygen atoms in total. The first kappa shape index (κ1) is 11.5. The molecule has 0 aromatic rings. The summed E-state index contributed by atoms with van der Waals surface area (Å²) in [5.74, 6) is 0.440. The van der Waals surface area contributed by atoms with Gasteiger partial charge in [0.05, 0.1) is 6.10 Å². The van der Waals surface area contributed by atoms with E-state index in [1.807, 2.05) is 11.9 Å². The highest BCUT2D eigenvalue weighted by Crippen LogP contribution is 2.32. The fourth-order valence-electron chi connectivity index (χ4n) is 1.56. The van der Waals surface area contributed by atoms with Crippen LogP contribution in [-0.4, -0.2) is 36.6 Å². The largest absolute Gasteiger partial charge is 0.381 e. The van der Waals surface area contributed by atoms with Crippen molar-refractivity contribution in [3.63, 3.8) is 0 Å². The lowest BCUT2D eigenvalue weighted by molar-refractivity contribution is -0.146. The molecule has 0 heterocycles. The molecule has 0 aromatic heterocycles. The molecule has 0 aliphatic heterocycles. The molecule has 0 bridgehead atoms. The Labute approximate surface area is 86.4 Å². The second-order valence-electron chi connectivity index (χ2n) is 5.09. The Morgan fingerprint density at radius 2 is 1.86 bits per heavy atom. The van der Waals surface area contributed by atoms with E-state index in [4.69, 9.17) is 4.74 Å². The van der Waals surface area contributed by atoms with Gasteiger partial charge in [0.2, 0.25) is 5.91 Å². The van der Waals surface area contributed by atoms with Crippen LogP contribution in [0.3, 0.4) is 0 Å². The van der Waals surface area contributed by atoms with Gasteiger partial charge in [-0.25, -0.2) is 0 Å². The minimum Gasteiger partial charge on any atom is -0.381 e. The zero-order valence-corrected chi connectivity index (χ0v) is 9.83. The summed E-state index contributed by atoms with van der Waals surface area (Å²) in [6, 6.07) is 0. The van der Waals surface area contributed by atoms with Crippen LogP contribution < -0.4 is 0 Å². The number of hydrogen-bond acceptors (Lipinski definition) is 2. The Hall–Kier alpha value is -0.570. The number of methoxy groups -OCH3 is 1. The smallest absolute Gasteiger partial charge is 0.226 e. The Morgan fingerprint density at radius 3 is 2.21 bits per heavy atom. The second kappa shape index (κ2) is 3.89. The SMILES string of the molecule is COC1CC(C(=O)N(C)C(C)(C)C)C1. The molecule has 3 heteroatoms. The lowest BCUT2D eigenvalue weighted by atomic mass is 9.80. The number of carbonyl (C=O) groups excluding carboxylic acids is 1. The summed E-state index contributed by atoms with van der Waals surface area (Å²) in [7, 11) is 3.58. The number of carbonyl (C=O) groups is 1. The van der Waals surface area contributed by atoms with Gasteiger partial charge in [-0.3, -0.25) is 4.79 Å². The molecule has 0 spiro atoms. The van der Waals surface area contributed by atoms with Crippen LogP contribution in [0, 0.1) is 5.92 Å². The molecule has 1 aliphatic carbocycles. The minimum atomic E-state index is -0.0742. The van der Waals surface area contributed by atoms with Crippen LogP contribution in [0.2, 0.25) is 0 Å². The van der Waals surface area contributed by atoms with Crippen molar-refractivity contribution in [1.29, 1.82) is 0 Å². The van der Waals surface area contributed by atoms with Crippen LogP contribution in [0.25, 0.3) is 0 Å². The summed E-state index contributed by atoms with van der Waals surface area (Å²) in [6.07, 6.45) is 2.07. The number of nitrogens with zero attached hydrogens (tertiary/aromatic N) is 1. The molecular formula is C11H21NO2. The van der Waals surface area contributed by atoms with E-state index >= 15 is 0 Å². The minimum absolute atomic E-state index is 0.0742. The van der Waals surface area contributed by atoms with Gasteiger partial charge in [0, 0.05) is 25.6 Å². The van der Waals surface area contributed by atoms with Crippen molar-refractivity contribution in [3.8, 4) is 0 Å². The quantitative estimate of drug-likeness (QED) is 0.677. The Morgan fingerprint density at radius 1 is 1.36 bits per heavy atom. The summed E-state index contributed by atoms with van der Waals surface area (Å²) >= 11 is 0. The summed E-state index contributed by atoms with van der Waals surface area (Å²) in [6.45, 7) is 6.16. The second-order valence-corrected chi connectivity index (χ2v) is 5.09. The molecule has 0 N–H and O–H groups in total. The van der Waals surface area contributed by atoms with E-state index in [2.05, 4.69) is 20.8 Å². The standard InChI is InChI=1S/C11H21NO2/c1-11(2,3)12(4)10(13)8-6-9(7-8)14-5/h8-9H,6-7H2,1-5H3. The molecule has 0 saturated heterocycles. The molecule has 1 rings (SSSR count). The van der Waals surface area contributed by atoms with E-state index in [1.54, 1.807) is 7.11 Å². The van der Waals surface area contributed by atoms with Crippen LogP contribution in [0.15, 0.2) is 0 Å². The van der Waals surface area contributed by atoms with Gasteiger partial charge in [-0.15, -0.1) is 0 Å². The van der Waals surface area contributed by atoms with Gasteiger partial charge in [0.15, 0.2) is 0 Å². The third-order valence-electron chi connectivity index (χ3n) is 3.11. The van der Waals surface area contributed by atoms with Crippen molar-refractivity contribution in [2.24, 2.45) is 5.92 Å². The molecule has 1 aliphatic rings. The molecular weight excluding hydrogens is 178 g/mol.